The normalized spacial score (nSPS) is 18.1. The molecule has 0 saturated carbocycles. The first-order valence-corrected chi connectivity index (χ1v) is 11.7. The molecule has 1 aliphatic rings. The summed E-state index contributed by atoms with van der Waals surface area (Å²) < 4.78 is 17.1. The van der Waals surface area contributed by atoms with E-state index in [1.165, 1.54) is 5.56 Å². The van der Waals surface area contributed by atoms with Crippen molar-refractivity contribution in [2.45, 2.75) is 33.1 Å². The quantitative estimate of drug-likeness (QED) is 0.482. The largest absolute Gasteiger partial charge is 0.493 e. The van der Waals surface area contributed by atoms with Crippen LogP contribution in [0.1, 0.15) is 30.4 Å². The number of nitrogens with one attached hydrogen (secondary N) is 1. The molecule has 2 atom stereocenters. The first-order chi connectivity index (χ1) is 16.1. The van der Waals surface area contributed by atoms with Crippen LogP contribution < -0.4 is 10.1 Å². The van der Waals surface area contributed by atoms with E-state index in [1.54, 1.807) is 0 Å². The fraction of sp³-hybridized carbons (Fsp3) is 0.407. The summed E-state index contributed by atoms with van der Waals surface area (Å²) in [6.07, 6.45) is 2.36. The van der Waals surface area contributed by atoms with Gasteiger partial charge in [0.15, 0.2) is 0 Å². The van der Waals surface area contributed by atoms with Gasteiger partial charge in [0, 0.05) is 12.0 Å². The van der Waals surface area contributed by atoms with E-state index in [9.17, 15) is 4.79 Å². The number of aryl methyl sites for hydroxylation is 1. The number of nitrogens with zero attached hydrogens (tertiary/aromatic N) is 1. The minimum absolute atomic E-state index is 0.0337. The molecule has 1 N–H and O–H groups in total. The van der Waals surface area contributed by atoms with E-state index in [1.807, 2.05) is 56.3 Å². The maximum atomic E-state index is 12.3. The number of benzene rings is 2. The molecule has 6 heteroatoms. The second-order valence-electron chi connectivity index (χ2n) is 8.45. The Morgan fingerprint density at radius 3 is 2.70 bits per heavy atom. The third-order valence-electron chi connectivity index (χ3n) is 6.14. The predicted molar refractivity (Wildman–Crippen MR) is 127 cm³/mol. The second-order valence-corrected chi connectivity index (χ2v) is 8.45. The fourth-order valence-corrected chi connectivity index (χ4v) is 4.35. The third kappa shape index (κ3) is 6.02. The molecule has 3 aromatic rings. The number of rotatable bonds is 9. The number of esters is 1. The van der Waals surface area contributed by atoms with Gasteiger partial charge in [-0.25, -0.2) is 4.98 Å². The van der Waals surface area contributed by atoms with Gasteiger partial charge in [-0.3, -0.25) is 4.79 Å². The van der Waals surface area contributed by atoms with Gasteiger partial charge in [0.05, 0.1) is 24.8 Å². The maximum absolute atomic E-state index is 12.3. The summed E-state index contributed by atoms with van der Waals surface area (Å²) in [7, 11) is 0. The zero-order chi connectivity index (χ0) is 23.0. The van der Waals surface area contributed by atoms with Crippen molar-refractivity contribution in [3.8, 4) is 17.2 Å². The van der Waals surface area contributed by atoms with Crippen molar-refractivity contribution in [1.82, 2.24) is 10.3 Å². The summed E-state index contributed by atoms with van der Waals surface area (Å²) in [4.78, 5) is 16.9. The van der Waals surface area contributed by atoms with Crippen LogP contribution in [-0.2, 0) is 22.4 Å². The highest BCUT2D eigenvalue weighted by Crippen LogP contribution is 2.26. The fourth-order valence-electron chi connectivity index (χ4n) is 4.35. The highest BCUT2D eigenvalue weighted by Gasteiger charge is 2.31. The zero-order valence-corrected chi connectivity index (χ0v) is 19.4. The molecular weight excluding hydrogens is 416 g/mol. The number of aromatic nitrogens is 1. The van der Waals surface area contributed by atoms with E-state index in [2.05, 4.69) is 22.4 Å². The Morgan fingerprint density at radius 2 is 1.94 bits per heavy atom. The van der Waals surface area contributed by atoms with Crippen molar-refractivity contribution in [2.75, 3.05) is 26.3 Å². The van der Waals surface area contributed by atoms with E-state index in [0.29, 0.717) is 25.5 Å². The maximum Gasteiger partial charge on any atom is 0.309 e. The van der Waals surface area contributed by atoms with Gasteiger partial charge in [-0.05, 0) is 75.5 Å². The SMILES string of the molecule is CCOC(=O)C1CCNCC1Cc1ccc(OCCc2nc(-c3ccccc3)oc2C)cc1. The average molecular weight is 449 g/mol. The highest BCUT2D eigenvalue weighted by molar-refractivity contribution is 5.73. The zero-order valence-electron chi connectivity index (χ0n) is 19.4. The Bertz CT molecular complexity index is 1030. The van der Waals surface area contributed by atoms with E-state index in [4.69, 9.17) is 13.9 Å². The molecule has 1 aromatic heterocycles. The van der Waals surface area contributed by atoms with Gasteiger partial charge in [-0.2, -0.15) is 0 Å². The lowest BCUT2D eigenvalue weighted by Gasteiger charge is -2.30. The molecule has 33 heavy (non-hydrogen) atoms. The number of piperidine rings is 1. The lowest BCUT2D eigenvalue weighted by Crippen LogP contribution is -2.41. The molecule has 4 rings (SSSR count). The lowest BCUT2D eigenvalue weighted by atomic mass is 9.82. The van der Waals surface area contributed by atoms with Gasteiger partial charge in [0.2, 0.25) is 5.89 Å². The Balaban J connectivity index is 1.29. The highest BCUT2D eigenvalue weighted by atomic mass is 16.5. The van der Waals surface area contributed by atoms with E-state index >= 15 is 0 Å². The van der Waals surface area contributed by atoms with E-state index in [-0.39, 0.29) is 17.8 Å². The molecule has 174 valence electrons. The number of hydrogen-bond acceptors (Lipinski definition) is 6. The third-order valence-corrected chi connectivity index (χ3v) is 6.14. The Labute approximate surface area is 195 Å². The number of carbonyl (C=O) groups excluding carboxylic acids is 1. The molecule has 1 aliphatic heterocycles. The first kappa shape index (κ1) is 23.1. The molecule has 0 spiro atoms. The van der Waals surface area contributed by atoms with Crippen LogP contribution in [0.3, 0.4) is 0 Å². The van der Waals surface area contributed by atoms with Crippen LogP contribution in [0.5, 0.6) is 5.75 Å². The Kier molecular flexibility index (Phi) is 7.79. The average Bonchev–Trinajstić information content (AvgIpc) is 3.22. The Hall–Kier alpha value is -3.12. The van der Waals surface area contributed by atoms with Crippen LogP contribution in [0.25, 0.3) is 11.5 Å². The van der Waals surface area contributed by atoms with Gasteiger partial charge in [-0.15, -0.1) is 0 Å². The van der Waals surface area contributed by atoms with Crippen LogP contribution in [0.2, 0.25) is 0 Å². The minimum atomic E-state index is -0.0671. The lowest BCUT2D eigenvalue weighted by molar-refractivity contribution is -0.150. The van der Waals surface area contributed by atoms with E-state index in [0.717, 1.165) is 48.7 Å². The van der Waals surface area contributed by atoms with Crippen LogP contribution in [0, 0.1) is 18.8 Å². The van der Waals surface area contributed by atoms with Crippen molar-refractivity contribution >= 4 is 5.97 Å². The summed E-state index contributed by atoms with van der Waals surface area (Å²) in [5.74, 6) is 2.44. The molecule has 0 bridgehead atoms. The molecule has 2 unspecified atom stereocenters. The topological polar surface area (TPSA) is 73.6 Å². The van der Waals surface area contributed by atoms with Crippen LogP contribution in [0.15, 0.2) is 59.0 Å². The van der Waals surface area contributed by atoms with Crippen molar-refractivity contribution in [1.29, 1.82) is 0 Å². The van der Waals surface area contributed by atoms with Crippen LogP contribution in [-0.4, -0.2) is 37.3 Å². The summed E-state index contributed by atoms with van der Waals surface area (Å²) in [6.45, 7) is 6.46. The molecule has 0 aliphatic carbocycles. The monoisotopic (exact) mass is 448 g/mol. The predicted octanol–water partition coefficient (Wildman–Crippen LogP) is 4.60. The molecule has 2 aromatic carbocycles. The van der Waals surface area contributed by atoms with Crippen LogP contribution in [0.4, 0.5) is 0 Å². The van der Waals surface area contributed by atoms with Crippen molar-refractivity contribution < 1.29 is 18.7 Å². The number of oxazole rings is 1. The van der Waals surface area contributed by atoms with Gasteiger partial charge >= 0.3 is 5.97 Å². The van der Waals surface area contributed by atoms with Gasteiger partial charge < -0.3 is 19.2 Å². The molecule has 6 nitrogen and oxygen atoms in total. The Morgan fingerprint density at radius 1 is 1.15 bits per heavy atom. The van der Waals surface area contributed by atoms with Crippen LogP contribution >= 0.6 is 0 Å². The van der Waals surface area contributed by atoms with Crippen molar-refractivity contribution in [3.63, 3.8) is 0 Å². The first-order valence-electron chi connectivity index (χ1n) is 11.7. The summed E-state index contributed by atoms with van der Waals surface area (Å²) >= 11 is 0. The summed E-state index contributed by atoms with van der Waals surface area (Å²) in [5.41, 5.74) is 3.09. The number of carbonyl (C=O) groups is 1. The molecule has 1 fully saturated rings. The van der Waals surface area contributed by atoms with Crippen molar-refractivity contribution in [3.05, 3.63) is 71.6 Å². The van der Waals surface area contributed by atoms with Crippen molar-refractivity contribution in [2.24, 2.45) is 11.8 Å². The molecule has 0 radical (unpaired) electrons. The molecule has 1 saturated heterocycles. The molecule has 2 heterocycles. The van der Waals surface area contributed by atoms with Gasteiger partial charge in [0.1, 0.15) is 11.5 Å². The minimum Gasteiger partial charge on any atom is -0.493 e. The molecule has 0 amide bonds. The second kappa shape index (κ2) is 11.1. The smallest absolute Gasteiger partial charge is 0.309 e. The van der Waals surface area contributed by atoms with Gasteiger partial charge in [0.25, 0.3) is 0 Å². The standard InChI is InChI=1S/C27H32N2O4/c1-3-31-27(30)24-13-15-28-18-22(24)17-20-9-11-23(12-10-20)32-16-14-25-19(2)33-26(29-25)21-7-5-4-6-8-21/h4-12,22,24,28H,3,13-18H2,1-2H3. The number of ether oxygens (including phenoxy) is 2. The van der Waals surface area contributed by atoms with Gasteiger partial charge in [-0.1, -0.05) is 30.3 Å². The summed E-state index contributed by atoms with van der Waals surface area (Å²) in [5, 5.41) is 3.41. The number of hydrogen-bond donors (Lipinski definition) is 1. The summed E-state index contributed by atoms with van der Waals surface area (Å²) in [6, 6.07) is 18.1. The van der Waals surface area contributed by atoms with E-state index < -0.39 is 0 Å². The molecular formula is C27H32N2O4.